The van der Waals surface area contributed by atoms with Gasteiger partial charge in [0.25, 0.3) is 0 Å². The molecule has 0 aliphatic heterocycles. The molecule has 2 amide bonds. The van der Waals surface area contributed by atoms with Gasteiger partial charge in [0.15, 0.2) is 0 Å². The molecular formula is C10H17N5O3. The highest BCUT2D eigenvalue weighted by Crippen LogP contribution is 1.98. The fourth-order valence-corrected chi connectivity index (χ4v) is 1.33. The summed E-state index contributed by atoms with van der Waals surface area (Å²) in [7, 11) is 0. The number of carbonyl (C=O) groups is 2. The fraction of sp³-hybridized carbons (Fsp3) is 0.500. The second kappa shape index (κ2) is 7.28. The number of imidazole rings is 1. The lowest BCUT2D eigenvalue weighted by molar-refractivity contribution is -0.139. The fourth-order valence-electron chi connectivity index (χ4n) is 1.33. The molecule has 0 spiro atoms. The molecule has 1 aromatic rings. The molecule has 0 saturated heterocycles. The van der Waals surface area contributed by atoms with E-state index in [9.17, 15) is 9.59 Å². The lowest BCUT2D eigenvalue weighted by Gasteiger charge is -2.14. The van der Waals surface area contributed by atoms with E-state index in [1.807, 2.05) is 0 Å². The van der Waals surface area contributed by atoms with Crippen LogP contribution < -0.4 is 16.4 Å². The third-order valence-corrected chi connectivity index (χ3v) is 2.25. The number of aromatic amines is 1. The Balaban J connectivity index is 2.42. The maximum atomic E-state index is 11.4. The van der Waals surface area contributed by atoms with Crippen molar-refractivity contribution in [3.8, 4) is 0 Å². The Hall–Kier alpha value is -2.09. The monoisotopic (exact) mass is 255 g/mol. The number of carboxylic acids is 1. The predicted molar refractivity (Wildman–Crippen MR) is 63.9 cm³/mol. The summed E-state index contributed by atoms with van der Waals surface area (Å²) in [4.78, 5) is 29.0. The van der Waals surface area contributed by atoms with Crippen LogP contribution in [0.2, 0.25) is 0 Å². The number of aliphatic carboxylic acids is 1. The first-order valence-electron chi connectivity index (χ1n) is 5.58. The van der Waals surface area contributed by atoms with Crippen LogP contribution >= 0.6 is 0 Å². The van der Waals surface area contributed by atoms with Gasteiger partial charge in [-0.3, -0.25) is 0 Å². The van der Waals surface area contributed by atoms with Gasteiger partial charge in [0.1, 0.15) is 6.04 Å². The zero-order valence-electron chi connectivity index (χ0n) is 9.85. The van der Waals surface area contributed by atoms with Crippen molar-refractivity contribution in [3.05, 3.63) is 18.2 Å². The minimum absolute atomic E-state index is 0.152. The molecule has 0 bridgehead atoms. The summed E-state index contributed by atoms with van der Waals surface area (Å²) in [6, 6.07) is -1.52. The minimum Gasteiger partial charge on any atom is -0.480 e. The number of nitrogens with two attached hydrogens (primary N) is 1. The van der Waals surface area contributed by atoms with E-state index in [1.165, 1.54) is 12.5 Å². The molecule has 8 nitrogen and oxygen atoms in total. The Kier molecular flexibility index (Phi) is 5.65. The molecule has 1 atom stereocenters. The van der Waals surface area contributed by atoms with E-state index >= 15 is 0 Å². The van der Waals surface area contributed by atoms with E-state index in [0.717, 1.165) is 0 Å². The van der Waals surface area contributed by atoms with Crippen LogP contribution in [0.4, 0.5) is 4.79 Å². The van der Waals surface area contributed by atoms with Crippen molar-refractivity contribution in [2.75, 3.05) is 13.1 Å². The van der Waals surface area contributed by atoms with E-state index in [-0.39, 0.29) is 6.42 Å². The Morgan fingerprint density at radius 3 is 2.89 bits per heavy atom. The van der Waals surface area contributed by atoms with Gasteiger partial charge in [0.2, 0.25) is 0 Å². The lowest BCUT2D eigenvalue weighted by atomic mass is 10.2. The van der Waals surface area contributed by atoms with Crippen LogP contribution in [0.15, 0.2) is 12.5 Å². The first-order chi connectivity index (χ1) is 8.63. The molecule has 1 aromatic heterocycles. The van der Waals surface area contributed by atoms with Crippen LogP contribution in [0.3, 0.4) is 0 Å². The largest absolute Gasteiger partial charge is 0.480 e. The van der Waals surface area contributed by atoms with Gasteiger partial charge in [0.05, 0.1) is 6.33 Å². The first kappa shape index (κ1) is 14.0. The highest BCUT2D eigenvalue weighted by atomic mass is 16.4. The maximum absolute atomic E-state index is 11.4. The van der Waals surface area contributed by atoms with Crippen LogP contribution in [0, 0.1) is 0 Å². The predicted octanol–water partition coefficient (Wildman–Crippen LogP) is -0.947. The molecule has 0 aromatic carbocycles. The Bertz CT molecular complexity index is 379. The van der Waals surface area contributed by atoms with Crippen LogP contribution in [-0.4, -0.2) is 46.2 Å². The summed E-state index contributed by atoms with van der Waals surface area (Å²) in [5, 5.41) is 13.9. The summed E-state index contributed by atoms with van der Waals surface area (Å²) in [5.41, 5.74) is 5.92. The number of hydrogen-bond acceptors (Lipinski definition) is 4. The molecule has 0 fully saturated rings. The van der Waals surface area contributed by atoms with Crippen LogP contribution in [-0.2, 0) is 11.2 Å². The van der Waals surface area contributed by atoms with Crippen molar-refractivity contribution in [2.24, 2.45) is 5.73 Å². The van der Waals surface area contributed by atoms with E-state index < -0.39 is 18.0 Å². The topological polar surface area (TPSA) is 133 Å². The number of amides is 2. The van der Waals surface area contributed by atoms with Gasteiger partial charge >= 0.3 is 12.0 Å². The number of nitrogens with zero attached hydrogens (tertiary/aromatic N) is 1. The number of carbonyl (C=O) groups excluding carboxylic acids is 1. The molecule has 0 saturated carbocycles. The molecule has 8 heteroatoms. The summed E-state index contributed by atoms with van der Waals surface area (Å²) in [6.07, 6.45) is 3.77. The van der Waals surface area contributed by atoms with E-state index in [4.69, 9.17) is 10.8 Å². The first-order valence-corrected chi connectivity index (χ1v) is 5.58. The number of aromatic nitrogens is 2. The van der Waals surface area contributed by atoms with E-state index in [1.54, 1.807) is 0 Å². The normalized spacial score (nSPS) is 11.8. The molecule has 1 unspecified atom stereocenters. The number of urea groups is 1. The molecule has 0 aliphatic carbocycles. The summed E-state index contributed by atoms with van der Waals surface area (Å²) < 4.78 is 0. The Labute approximate surface area is 104 Å². The van der Waals surface area contributed by atoms with Crippen molar-refractivity contribution < 1.29 is 14.7 Å². The molecule has 18 heavy (non-hydrogen) atoms. The average Bonchev–Trinajstić information content (AvgIpc) is 2.81. The third-order valence-electron chi connectivity index (χ3n) is 2.25. The molecule has 0 aliphatic rings. The average molecular weight is 255 g/mol. The minimum atomic E-state index is -1.10. The number of H-pyrrole nitrogens is 1. The molecule has 100 valence electrons. The Morgan fingerprint density at radius 2 is 2.33 bits per heavy atom. The van der Waals surface area contributed by atoms with E-state index in [0.29, 0.717) is 25.2 Å². The van der Waals surface area contributed by atoms with Crippen molar-refractivity contribution in [1.82, 2.24) is 20.6 Å². The van der Waals surface area contributed by atoms with Gasteiger partial charge in [-0.25, -0.2) is 14.6 Å². The highest BCUT2D eigenvalue weighted by molar-refractivity contribution is 5.82. The van der Waals surface area contributed by atoms with Gasteiger partial charge in [-0.1, -0.05) is 0 Å². The second-order valence-electron chi connectivity index (χ2n) is 3.71. The summed E-state index contributed by atoms with van der Waals surface area (Å²) in [5.74, 6) is -1.10. The number of rotatable bonds is 7. The quantitative estimate of drug-likeness (QED) is 0.401. The number of nitrogens with one attached hydrogen (secondary N) is 3. The molecule has 0 radical (unpaired) electrons. The maximum Gasteiger partial charge on any atom is 0.326 e. The summed E-state index contributed by atoms with van der Waals surface area (Å²) >= 11 is 0. The van der Waals surface area contributed by atoms with Gasteiger partial charge in [-0.15, -0.1) is 0 Å². The van der Waals surface area contributed by atoms with E-state index in [2.05, 4.69) is 20.6 Å². The van der Waals surface area contributed by atoms with Gasteiger partial charge in [-0.05, 0) is 13.0 Å². The van der Waals surface area contributed by atoms with Crippen LogP contribution in [0.25, 0.3) is 0 Å². The number of hydrogen-bond donors (Lipinski definition) is 5. The van der Waals surface area contributed by atoms with Gasteiger partial charge in [0, 0.05) is 24.9 Å². The van der Waals surface area contributed by atoms with Crippen molar-refractivity contribution in [1.29, 1.82) is 0 Å². The SMILES string of the molecule is NCCCNC(=O)NC(Cc1cnc[nH]1)C(=O)O. The van der Waals surface area contributed by atoms with Gasteiger partial charge in [-0.2, -0.15) is 0 Å². The second-order valence-corrected chi connectivity index (χ2v) is 3.71. The lowest BCUT2D eigenvalue weighted by Crippen LogP contribution is -2.47. The summed E-state index contributed by atoms with van der Waals surface area (Å²) in [6.45, 7) is 0.884. The van der Waals surface area contributed by atoms with Crippen LogP contribution in [0.1, 0.15) is 12.1 Å². The Morgan fingerprint density at radius 1 is 1.56 bits per heavy atom. The van der Waals surface area contributed by atoms with Crippen molar-refractivity contribution in [3.63, 3.8) is 0 Å². The van der Waals surface area contributed by atoms with Crippen LogP contribution in [0.5, 0.6) is 0 Å². The van der Waals surface area contributed by atoms with Crippen molar-refractivity contribution >= 4 is 12.0 Å². The van der Waals surface area contributed by atoms with Crippen molar-refractivity contribution in [2.45, 2.75) is 18.9 Å². The molecule has 6 N–H and O–H groups in total. The molecule has 1 rings (SSSR count). The standard InChI is InChI=1S/C10H17N5O3/c11-2-1-3-13-10(18)15-8(9(16)17)4-7-5-12-6-14-7/h5-6,8H,1-4,11H2,(H,12,14)(H,16,17)(H2,13,15,18). The smallest absolute Gasteiger partial charge is 0.326 e. The molecular weight excluding hydrogens is 238 g/mol. The zero-order chi connectivity index (χ0) is 13.4. The highest BCUT2D eigenvalue weighted by Gasteiger charge is 2.20. The van der Waals surface area contributed by atoms with Gasteiger partial charge < -0.3 is 26.5 Å². The molecule has 1 heterocycles. The third kappa shape index (κ3) is 4.83. The zero-order valence-corrected chi connectivity index (χ0v) is 9.85. The number of carboxylic acid groups (broad SMARTS) is 1.